The minimum Gasteiger partial charge on any atom is -0.364 e. The number of fused-ring (bicyclic) bond motifs is 1. The highest BCUT2D eigenvalue weighted by Crippen LogP contribution is 2.34. The molecule has 1 atom stereocenters. The largest absolute Gasteiger partial charge is 0.364 e. The van der Waals surface area contributed by atoms with Crippen LogP contribution in [-0.2, 0) is 22.9 Å². The first-order valence-corrected chi connectivity index (χ1v) is 16.0. The van der Waals surface area contributed by atoms with E-state index in [4.69, 9.17) is 5.26 Å². The van der Waals surface area contributed by atoms with Gasteiger partial charge in [0.15, 0.2) is 5.37 Å². The summed E-state index contributed by atoms with van der Waals surface area (Å²) < 4.78 is 30.8. The maximum absolute atomic E-state index is 14.1. The molecule has 11 heteroatoms. The van der Waals surface area contributed by atoms with Gasteiger partial charge in [-0.25, -0.2) is 13.4 Å². The van der Waals surface area contributed by atoms with Crippen molar-refractivity contribution in [3.05, 3.63) is 143 Å². The third-order valence-electron chi connectivity index (χ3n) is 7.07. The van der Waals surface area contributed by atoms with Gasteiger partial charge in [-0.15, -0.1) is 11.3 Å². The van der Waals surface area contributed by atoms with Crippen LogP contribution >= 0.6 is 11.3 Å². The number of imidazole rings is 1. The van der Waals surface area contributed by atoms with Crippen LogP contribution in [0, 0.1) is 11.3 Å². The lowest BCUT2D eigenvalue weighted by molar-refractivity contribution is 0.0955. The Bertz CT molecular complexity index is 2070. The molecule has 1 unspecified atom stereocenters. The predicted molar refractivity (Wildman–Crippen MR) is 170 cm³/mol. The average Bonchev–Trinajstić information content (AvgIpc) is 3.70. The second kappa shape index (κ2) is 12.5. The van der Waals surface area contributed by atoms with Crippen LogP contribution in [0.25, 0.3) is 10.1 Å². The maximum Gasteiger partial charge on any atom is 0.261 e. The Morgan fingerprint density at radius 1 is 0.932 bits per heavy atom. The zero-order chi connectivity index (χ0) is 30.5. The van der Waals surface area contributed by atoms with E-state index in [1.807, 2.05) is 48.5 Å². The van der Waals surface area contributed by atoms with Crippen molar-refractivity contribution in [1.29, 1.82) is 5.26 Å². The van der Waals surface area contributed by atoms with Gasteiger partial charge in [-0.1, -0.05) is 30.3 Å². The molecule has 44 heavy (non-hydrogen) atoms. The molecule has 0 fully saturated rings. The summed E-state index contributed by atoms with van der Waals surface area (Å²) in [5.41, 5.74) is 3.43. The SMILES string of the molecule is N#Cc1ccc(Cn2cncc2C(Nc2ccc3sc(C(=O)NCc4ccncc4)cc3c2)S(=O)(=O)c2ccccc2)cc1. The van der Waals surface area contributed by atoms with Crippen molar-refractivity contribution in [2.45, 2.75) is 23.4 Å². The van der Waals surface area contributed by atoms with Crippen LogP contribution in [0.15, 0.2) is 121 Å². The molecule has 3 heterocycles. The first-order chi connectivity index (χ1) is 21.4. The van der Waals surface area contributed by atoms with E-state index >= 15 is 0 Å². The molecule has 6 rings (SSSR count). The van der Waals surface area contributed by atoms with Gasteiger partial charge >= 0.3 is 0 Å². The fourth-order valence-electron chi connectivity index (χ4n) is 4.79. The minimum absolute atomic E-state index is 0.174. The van der Waals surface area contributed by atoms with E-state index in [1.165, 1.54) is 11.3 Å². The van der Waals surface area contributed by atoms with E-state index in [2.05, 4.69) is 26.7 Å². The minimum atomic E-state index is -3.92. The van der Waals surface area contributed by atoms with Gasteiger partial charge < -0.3 is 15.2 Å². The number of pyridine rings is 1. The fourth-order valence-corrected chi connectivity index (χ4v) is 7.36. The van der Waals surface area contributed by atoms with Crippen molar-refractivity contribution in [1.82, 2.24) is 19.9 Å². The first-order valence-electron chi connectivity index (χ1n) is 13.7. The van der Waals surface area contributed by atoms with Gasteiger partial charge in [0.25, 0.3) is 5.91 Å². The summed E-state index contributed by atoms with van der Waals surface area (Å²) in [7, 11) is -3.92. The number of amides is 1. The molecule has 9 nitrogen and oxygen atoms in total. The number of anilines is 1. The van der Waals surface area contributed by atoms with E-state index in [1.54, 1.807) is 71.9 Å². The molecule has 0 spiro atoms. The number of aromatic nitrogens is 3. The zero-order valence-corrected chi connectivity index (χ0v) is 24.9. The molecule has 0 saturated carbocycles. The lowest BCUT2D eigenvalue weighted by Gasteiger charge is -2.22. The number of thiophene rings is 1. The highest BCUT2D eigenvalue weighted by atomic mass is 32.2. The van der Waals surface area contributed by atoms with E-state index < -0.39 is 15.2 Å². The topological polar surface area (TPSA) is 130 Å². The van der Waals surface area contributed by atoms with Gasteiger partial charge in [0, 0.05) is 35.9 Å². The van der Waals surface area contributed by atoms with Crippen molar-refractivity contribution >= 4 is 42.9 Å². The third-order valence-corrected chi connectivity index (χ3v) is 10.1. The Morgan fingerprint density at radius 3 is 2.45 bits per heavy atom. The fraction of sp³-hybridized carbons (Fsp3) is 0.0909. The van der Waals surface area contributed by atoms with E-state index in [0.717, 1.165) is 21.2 Å². The summed E-state index contributed by atoms with van der Waals surface area (Å²) in [4.78, 5) is 21.9. The number of sulfone groups is 1. The smallest absolute Gasteiger partial charge is 0.261 e. The lowest BCUT2D eigenvalue weighted by atomic mass is 10.1. The quantitative estimate of drug-likeness (QED) is 0.195. The normalized spacial score (nSPS) is 12.0. The Labute approximate surface area is 258 Å². The number of rotatable bonds is 10. The number of benzene rings is 3. The summed E-state index contributed by atoms with van der Waals surface area (Å²) in [6.07, 6.45) is 6.51. The second-order valence-electron chi connectivity index (χ2n) is 10.0. The number of carbonyl (C=O) groups is 1. The van der Waals surface area contributed by atoms with Crippen molar-refractivity contribution < 1.29 is 13.2 Å². The maximum atomic E-state index is 14.1. The van der Waals surface area contributed by atoms with Crippen LogP contribution in [0.5, 0.6) is 0 Å². The van der Waals surface area contributed by atoms with Gasteiger partial charge in [-0.3, -0.25) is 9.78 Å². The Balaban J connectivity index is 1.30. The van der Waals surface area contributed by atoms with Crippen LogP contribution in [0.1, 0.15) is 37.4 Å². The van der Waals surface area contributed by atoms with Crippen LogP contribution in [0.4, 0.5) is 5.69 Å². The molecule has 218 valence electrons. The van der Waals surface area contributed by atoms with E-state index in [0.29, 0.717) is 34.9 Å². The molecule has 0 radical (unpaired) electrons. The lowest BCUT2D eigenvalue weighted by Crippen LogP contribution is -2.24. The standard InChI is InChI=1S/C33H26N6O3S2/c34-18-23-6-8-25(9-7-23)21-39-22-36-20-29(39)33(44(41,42)28-4-2-1-3-5-28)38-27-10-11-30-26(16-27)17-31(43-30)32(40)37-19-24-12-14-35-15-13-24/h1-17,20,22,33,38H,19,21H2,(H,37,40). The average molecular weight is 619 g/mol. The molecule has 0 saturated heterocycles. The predicted octanol–water partition coefficient (Wildman–Crippen LogP) is 5.93. The van der Waals surface area contributed by atoms with Gasteiger partial charge in [0.05, 0.1) is 39.6 Å². The number of hydrogen-bond donors (Lipinski definition) is 2. The van der Waals surface area contributed by atoms with Crippen molar-refractivity contribution in [3.63, 3.8) is 0 Å². The summed E-state index contributed by atoms with van der Waals surface area (Å²) >= 11 is 1.37. The van der Waals surface area contributed by atoms with Crippen LogP contribution in [0.3, 0.4) is 0 Å². The summed E-state index contributed by atoms with van der Waals surface area (Å²) in [5, 5.41) is 15.0. The number of nitrogens with one attached hydrogen (secondary N) is 2. The monoisotopic (exact) mass is 618 g/mol. The molecule has 2 N–H and O–H groups in total. The summed E-state index contributed by atoms with van der Waals surface area (Å²) in [6.45, 7) is 0.753. The van der Waals surface area contributed by atoms with Crippen molar-refractivity contribution in [3.8, 4) is 6.07 Å². The Morgan fingerprint density at radius 2 is 1.70 bits per heavy atom. The van der Waals surface area contributed by atoms with E-state index in [-0.39, 0.29) is 10.8 Å². The van der Waals surface area contributed by atoms with Crippen LogP contribution in [0.2, 0.25) is 0 Å². The molecular formula is C33H26N6O3S2. The van der Waals surface area contributed by atoms with Crippen molar-refractivity contribution in [2.24, 2.45) is 0 Å². The molecule has 0 aliphatic rings. The summed E-state index contributed by atoms with van der Waals surface area (Å²) in [6, 6.07) is 28.6. The molecular weight excluding hydrogens is 593 g/mol. The van der Waals surface area contributed by atoms with Gasteiger partial charge in [0.1, 0.15) is 0 Å². The first kappa shape index (κ1) is 28.8. The van der Waals surface area contributed by atoms with E-state index in [9.17, 15) is 13.2 Å². The third kappa shape index (κ3) is 6.22. The molecule has 0 aliphatic carbocycles. The number of nitriles is 1. The number of hydrogen-bond acceptors (Lipinski definition) is 8. The second-order valence-corrected chi connectivity index (χ2v) is 13.2. The molecule has 3 aromatic carbocycles. The number of carbonyl (C=O) groups excluding carboxylic acids is 1. The Hall–Kier alpha value is -5.31. The van der Waals surface area contributed by atoms with Gasteiger partial charge in [0.2, 0.25) is 9.84 Å². The highest BCUT2D eigenvalue weighted by Gasteiger charge is 2.32. The number of nitrogens with zero attached hydrogens (tertiary/aromatic N) is 4. The highest BCUT2D eigenvalue weighted by molar-refractivity contribution is 7.91. The van der Waals surface area contributed by atoms with Gasteiger partial charge in [-0.05, 0) is 77.2 Å². The zero-order valence-electron chi connectivity index (χ0n) is 23.3. The molecule has 0 aliphatic heterocycles. The Kier molecular flexibility index (Phi) is 8.18. The molecule has 1 amide bonds. The summed E-state index contributed by atoms with van der Waals surface area (Å²) in [5.74, 6) is -0.186. The molecule has 0 bridgehead atoms. The van der Waals surface area contributed by atoms with Crippen LogP contribution in [-0.4, -0.2) is 28.9 Å². The molecule has 6 aromatic rings. The van der Waals surface area contributed by atoms with Crippen molar-refractivity contribution in [2.75, 3.05) is 5.32 Å². The van der Waals surface area contributed by atoms with Gasteiger partial charge in [-0.2, -0.15) is 5.26 Å². The van der Waals surface area contributed by atoms with Crippen LogP contribution < -0.4 is 10.6 Å². The molecule has 3 aromatic heterocycles.